The van der Waals surface area contributed by atoms with Gasteiger partial charge in [0.25, 0.3) is 5.69 Å². The first-order chi connectivity index (χ1) is 6.20. The second kappa shape index (κ2) is 4.20. The van der Waals surface area contributed by atoms with Gasteiger partial charge in [-0.2, -0.15) is 0 Å². The number of nitrogen functional groups attached to an aromatic ring is 1. The number of hydrazine groups is 1. The number of rotatable bonds is 3. The Hall–Kier alpha value is -1.14. The molecule has 70 valence electrons. The summed E-state index contributed by atoms with van der Waals surface area (Å²) in [6, 6.07) is 4.79. The van der Waals surface area contributed by atoms with Crippen LogP contribution in [0.2, 0.25) is 0 Å². The maximum Gasteiger partial charge on any atom is 0.293 e. The average Bonchev–Trinajstić information content (AvgIpc) is 2.16. The number of halogens is 1. The molecule has 6 heteroatoms. The molecule has 0 atom stereocenters. The van der Waals surface area contributed by atoms with Crippen molar-refractivity contribution in [1.82, 2.24) is 0 Å². The highest BCUT2D eigenvalue weighted by atomic mass is 79.9. The lowest BCUT2D eigenvalue weighted by Crippen LogP contribution is -2.11. The van der Waals surface area contributed by atoms with Gasteiger partial charge in [-0.1, -0.05) is 28.1 Å². The number of alkyl halides is 1. The molecule has 1 aromatic rings. The van der Waals surface area contributed by atoms with E-state index in [1.807, 2.05) is 0 Å². The van der Waals surface area contributed by atoms with Gasteiger partial charge in [0.1, 0.15) is 5.69 Å². The van der Waals surface area contributed by atoms with E-state index in [0.717, 1.165) is 5.56 Å². The minimum atomic E-state index is -0.471. The molecule has 0 aliphatic carbocycles. The van der Waals surface area contributed by atoms with Crippen LogP contribution in [0.3, 0.4) is 0 Å². The molecule has 1 aromatic carbocycles. The van der Waals surface area contributed by atoms with E-state index in [0.29, 0.717) is 11.0 Å². The van der Waals surface area contributed by atoms with Crippen molar-refractivity contribution in [3.05, 3.63) is 33.9 Å². The van der Waals surface area contributed by atoms with E-state index < -0.39 is 4.92 Å². The first kappa shape index (κ1) is 9.94. The summed E-state index contributed by atoms with van der Waals surface area (Å²) in [6.45, 7) is 0. The molecule has 0 saturated carbocycles. The predicted molar refractivity (Wildman–Crippen MR) is 53.5 cm³/mol. The summed E-state index contributed by atoms with van der Waals surface area (Å²) < 4.78 is 0. The van der Waals surface area contributed by atoms with E-state index in [1.165, 1.54) is 6.07 Å². The molecular formula is C7H8BrN3O2. The van der Waals surface area contributed by atoms with Gasteiger partial charge in [-0.25, -0.2) is 0 Å². The van der Waals surface area contributed by atoms with Crippen molar-refractivity contribution < 1.29 is 4.92 Å². The Bertz CT molecular complexity index is 330. The number of nitrogens with two attached hydrogens (primary N) is 1. The van der Waals surface area contributed by atoms with Crippen LogP contribution in [0.5, 0.6) is 0 Å². The summed E-state index contributed by atoms with van der Waals surface area (Å²) in [4.78, 5) is 10.1. The minimum absolute atomic E-state index is 0.0144. The number of hydrogen-bond donors (Lipinski definition) is 2. The molecule has 0 heterocycles. The summed E-state index contributed by atoms with van der Waals surface area (Å²) in [5, 5.41) is 11.1. The van der Waals surface area contributed by atoms with Crippen molar-refractivity contribution >= 4 is 27.3 Å². The topological polar surface area (TPSA) is 81.2 Å². The maximum atomic E-state index is 10.5. The van der Waals surface area contributed by atoms with E-state index in [2.05, 4.69) is 21.4 Å². The summed E-state index contributed by atoms with van der Waals surface area (Å²) in [7, 11) is 0. The monoisotopic (exact) mass is 245 g/mol. The number of nitrogens with zero attached hydrogens (tertiary/aromatic N) is 1. The second-order valence-electron chi connectivity index (χ2n) is 2.35. The van der Waals surface area contributed by atoms with Gasteiger partial charge in [0.05, 0.1) is 4.92 Å². The summed E-state index contributed by atoms with van der Waals surface area (Å²) in [5.74, 6) is 5.19. The smallest absolute Gasteiger partial charge is 0.293 e. The van der Waals surface area contributed by atoms with Crippen LogP contribution in [0.15, 0.2) is 18.2 Å². The van der Waals surface area contributed by atoms with Gasteiger partial charge in [0, 0.05) is 11.4 Å². The largest absolute Gasteiger partial charge is 0.318 e. The Kier molecular flexibility index (Phi) is 3.21. The molecule has 0 fully saturated rings. The van der Waals surface area contributed by atoms with Crippen molar-refractivity contribution in [2.75, 3.05) is 5.43 Å². The maximum absolute atomic E-state index is 10.5. The highest BCUT2D eigenvalue weighted by Crippen LogP contribution is 2.28. The molecule has 3 N–H and O–H groups in total. The fourth-order valence-electron chi connectivity index (χ4n) is 1.02. The zero-order valence-corrected chi connectivity index (χ0v) is 8.24. The van der Waals surface area contributed by atoms with Crippen LogP contribution in [-0.2, 0) is 5.33 Å². The quantitative estimate of drug-likeness (QED) is 0.368. The van der Waals surface area contributed by atoms with Gasteiger partial charge >= 0.3 is 0 Å². The molecular weight excluding hydrogens is 238 g/mol. The van der Waals surface area contributed by atoms with Crippen molar-refractivity contribution in [2.45, 2.75) is 5.33 Å². The third kappa shape index (κ3) is 1.96. The van der Waals surface area contributed by atoms with Gasteiger partial charge in [-0.05, 0) is 5.56 Å². The van der Waals surface area contributed by atoms with Crippen LogP contribution in [-0.4, -0.2) is 4.92 Å². The van der Waals surface area contributed by atoms with E-state index >= 15 is 0 Å². The average molecular weight is 246 g/mol. The number of anilines is 1. The summed E-state index contributed by atoms with van der Waals surface area (Å²) >= 11 is 3.21. The Morgan fingerprint density at radius 1 is 1.62 bits per heavy atom. The van der Waals surface area contributed by atoms with E-state index in [-0.39, 0.29) is 5.69 Å². The van der Waals surface area contributed by atoms with Crippen LogP contribution < -0.4 is 11.3 Å². The van der Waals surface area contributed by atoms with Crippen LogP contribution in [0.1, 0.15) is 5.56 Å². The lowest BCUT2D eigenvalue weighted by atomic mass is 10.2. The molecule has 0 spiro atoms. The molecule has 0 radical (unpaired) electrons. The molecule has 1 rings (SSSR count). The van der Waals surface area contributed by atoms with Gasteiger partial charge in [0.15, 0.2) is 0 Å². The first-order valence-electron chi connectivity index (χ1n) is 3.49. The molecule has 0 amide bonds. The SMILES string of the molecule is NNc1c(CBr)cccc1[N+](=O)[O-]. The second-order valence-corrected chi connectivity index (χ2v) is 2.91. The summed E-state index contributed by atoms with van der Waals surface area (Å²) in [6.07, 6.45) is 0. The van der Waals surface area contributed by atoms with Crippen molar-refractivity contribution in [3.8, 4) is 0 Å². The van der Waals surface area contributed by atoms with Crippen LogP contribution in [0.4, 0.5) is 11.4 Å². The number of hydrogen-bond acceptors (Lipinski definition) is 4. The Balaban J connectivity index is 3.27. The van der Waals surface area contributed by atoms with Crippen LogP contribution >= 0.6 is 15.9 Å². The van der Waals surface area contributed by atoms with E-state index in [4.69, 9.17) is 5.84 Å². The normalized spacial score (nSPS) is 9.69. The number of benzene rings is 1. The third-order valence-electron chi connectivity index (χ3n) is 1.61. The van der Waals surface area contributed by atoms with Crippen molar-refractivity contribution in [1.29, 1.82) is 0 Å². The molecule has 0 unspecified atom stereocenters. The van der Waals surface area contributed by atoms with Gasteiger partial charge < -0.3 is 5.43 Å². The number of nitrogens with one attached hydrogen (secondary N) is 1. The fourth-order valence-corrected chi connectivity index (χ4v) is 1.48. The molecule has 0 aliphatic heterocycles. The Labute approximate surface area is 83.2 Å². The van der Waals surface area contributed by atoms with E-state index in [1.54, 1.807) is 12.1 Å². The molecule has 5 nitrogen and oxygen atoms in total. The van der Waals surface area contributed by atoms with Crippen LogP contribution in [0.25, 0.3) is 0 Å². The predicted octanol–water partition coefficient (Wildman–Crippen LogP) is 1.78. The fraction of sp³-hybridized carbons (Fsp3) is 0.143. The molecule has 0 saturated heterocycles. The van der Waals surface area contributed by atoms with Crippen LogP contribution in [0, 0.1) is 10.1 Å². The Morgan fingerprint density at radius 2 is 2.31 bits per heavy atom. The van der Waals surface area contributed by atoms with Gasteiger partial charge in [0.2, 0.25) is 0 Å². The van der Waals surface area contributed by atoms with Gasteiger partial charge in [-0.3, -0.25) is 16.0 Å². The van der Waals surface area contributed by atoms with Crippen molar-refractivity contribution in [2.24, 2.45) is 5.84 Å². The zero-order chi connectivity index (χ0) is 9.84. The lowest BCUT2D eigenvalue weighted by molar-refractivity contribution is -0.384. The number of nitro benzene ring substituents is 1. The molecule has 0 aromatic heterocycles. The third-order valence-corrected chi connectivity index (χ3v) is 2.22. The molecule has 13 heavy (non-hydrogen) atoms. The summed E-state index contributed by atoms with van der Waals surface area (Å²) in [5.41, 5.74) is 3.42. The van der Waals surface area contributed by atoms with Gasteiger partial charge in [-0.15, -0.1) is 0 Å². The van der Waals surface area contributed by atoms with Crippen molar-refractivity contribution in [3.63, 3.8) is 0 Å². The first-order valence-corrected chi connectivity index (χ1v) is 4.61. The molecule has 0 bridgehead atoms. The zero-order valence-electron chi connectivity index (χ0n) is 6.66. The number of nitro groups is 1. The standard InChI is InChI=1S/C7H8BrN3O2/c8-4-5-2-1-3-6(11(12)13)7(5)10-9/h1-3,10H,4,9H2. The number of para-hydroxylation sites is 1. The highest BCUT2D eigenvalue weighted by Gasteiger charge is 2.15. The lowest BCUT2D eigenvalue weighted by Gasteiger charge is -2.05. The highest BCUT2D eigenvalue weighted by molar-refractivity contribution is 9.08. The minimum Gasteiger partial charge on any atom is -0.318 e. The Morgan fingerprint density at radius 3 is 2.77 bits per heavy atom. The van der Waals surface area contributed by atoms with E-state index in [9.17, 15) is 10.1 Å². The molecule has 0 aliphatic rings.